The first-order valence-corrected chi connectivity index (χ1v) is 9.56. The molecule has 0 heterocycles. The summed E-state index contributed by atoms with van der Waals surface area (Å²) in [6.07, 6.45) is 6.49. The van der Waals surface area contributed by atoms with Crippen molar-refractivity contribution < 1.29 is 14.6 Å². The van der Waals surface area contributed by atoms with Gasteiger partial charge in [0.15, 0.2) is 0 Å². The molecule has 2 aliphatic rings. The molecular weight excluding hydrogens is 316 g/mol. The number of ether oxygens (including phenoxy) is 1. The van der Waals surface area contributed by atoms with Crippen molar-refractivity contribution in [2.75, 3.05) is 13.2 Å². The maximum absolute atomic E-state index is 11.8. The number of amides is 1. The van der Waals surface area contributed by atoms with Crippen molar-refractivity contribution in [3.05, 3.63) is 35.9 Å². The van der Waals surface area contributed by atoms with Crippen molar-refractivity contribution in [3.63, 3.8) is 0 Å². The van der Waals surface area contributed by atoms with Gasteiger partial charge in [-0.05, 0) is 49.6 Å². The van der Waals surface area contributed by atoms with Gasteiger partial charge < -0.3 is 20.5 Å². The van der Waals surface area contributed by atoms with Crippen LogP contribution < -0.4 is 10.6 Å². The van der Waals surface area contributed by atoms with Gasteiger partial charge in [-0.25, -0.2) is 4.79 Å². The van der Waals surface area contributed by atoms with Crippen LogP contribution in [0.15, 0.2) is 30.3 Å². The van der Waals surface area contributed by atoms with Crippen LogP contribution >= 0.6 is 0 Å². The zero-order valence-corrected chi connectivity index (χ0v) is 14.8. The lowest BCUT2D eigenvalue weighted by Crippen LogP contribution is -2.53. The third-order valence-electron chi connectivity index (χ3n) is 5.64. The fourth-order valence-electron chi connectivity index (χ4n) is 3.95. The maximum atomic E-state index is 11.8. The number of carbonyl (C=O) groups is 1. The van der Waals surface area contributed by atoms with Gasteiger partial charge in [-0.15, -0.1) is 0 Å². The van der Waals surface area contributed by atoms with Gasteiger partial charge in [0.1, 0.15) is 6.61 Å². The number of hydrogen-bond donors (Lipinski definition) is 3. The Morgan fingerprint density at radius 3 is 2.52 bits per heavy atom. The summed E-state index contributed by atoms with van der Waals surface area (Å²) in [5.41, 5.74) is 0.997. The summed E-state index contributed by atoms with van der Waals surface area (Å²) < 4.78 is 5.26. The highest BCUT2D eigenvalue weighted by Gasteiger charge is 2.32. The minimum Gasteiger partial charge on any atom is -0.445 e. The highest BCUT2D eigenvalue weighted by atomic mass is 16.5. The van der Waals surface area contributed by atoms with E-state index in [-0.39, 0.29) is 12.1 Å². The molecule has 2 aliphatic carbocycles. The second-order valence-corrected chi connectivity index (χ2v) is 7.47. The molecule has 2 fully saturated rings. The summed E-state index contributed by atoms with van der Waals surface area (Å²) in [4.78, 5) is 11.8. The van der Waals surface area contributed by atoms with Crippen LogP contribution in [0.3, 0.4) is 0 Å². The molecule has 3 rings (SSSR count). The van der Waals surface area contributed by atoms with E-state index in [0.717, 1.165) is 31.4 Å². The molecule has 0 bridgehead atoms. The monoisotopic (exact) mass is 346 g/mol. The summed E-state index contributed by atoms with van der Waals surface area (Å²) in [7, 11) is 0. The molecule has 0 saturated heterocycles. The van der Waals surface area contributed by atoms with Gasteiger partial charge in [0.25, 0.3) is 0 Å². The SMILES string of the molecule is O=C(NC1CC(NCC2CCCCC2CO)C1)OCc1ccccc1. The van der Waals surface area contributed by atoms with Crippen LogP contribution in [0.1, 0.15) is 44.1 Å². The van der Waals surface area contributed by atoms with Crippen LogP contribution in [0.2, 0.25) is 0 Å². The van der Waals surface area contributed by atoms with E-state index < -0.39 is 0 Å². The van der Waals surface area contributed by atoms with Gasteiger partial charge in [-0.2, -0.15) is 0 Å². The third-order valence-corrected chi connectivity index (χ3v) is 5.64. The van der Waals surface area contributed by atoms with E-state index in [4.69, 9.17) is 4.74 Å². The van der Waals surface area contributed by atoms with Crippen LogP contribution in [0.4, 0.5) is 4.79 Å². The Morgan fingerprint density at radius 1 is 1.08 bits per heavy atom. The summed E-state index contributed by atoms with van der Waals surface area (Å²) in [6, 6.07) is 10.4. The molecule has 5 heteroatoms. The van der Waals surface area contributed by atoms with Gasteiger partial charge in [-0.1, -0.05) is 43.2 Å². The van der Waals surface area contributed by atoms with Crippen molar-refractivity contribution in [3.8, 4) is 0 Å². The molecule has 0 aromatic heterocycles. The highest BCUT2D eigenvalue weighted by molar-refractivity contribution is 5.67. The normalized spacial score (nSPS) is 28.8. The first-order valence-electron chi connectivity index (χ1n) is 9.56. The van der Waals surface area contributed by atoms with Gasteiger partial charge in [-0.3, -0.25) is 0 Å². The lowest BCUT2D eigenvalue weighted by atomic mass is 9.79. The quantitative estimate of drug-likeness (QED) is 0.710. The highest BCUT2D eigenvalue weighted by Crippen LogP contribution is 2.30. The second-order valence-electron chi connectivity index (χ2n) is 7.47. The zero-order valence-electron chi connectivity index (χ0n) is 14.8. The third kappa shape index (κ3) is 5.44. The van der Waals surface area contributed by atoms with E-state index in [0.29, 0.717) is 31.1 Å². The van der Waals surface area contributed by atoms with Crippen LogP contribution in [0.25, 0.3) is 0 Å². The maximum Gasteiger partial charge on any atom is 0.407 e. The van der Waals surface area contributed by atoms with Crippen molar-refractivity contribution in [2.24, 2.45) is 11.8 Å². The average Bonchev–Trinajstić information content (AvgIpc) is 2.63. The average molecular weight is 346 g/mol. The van der Waals surface area contributed by atoms with Gasteiger partial charge in [0, 0.05) is 18.7 Å². The molecule has 2 saturated carbocycles. The molecular formula is C20H30N2O3. The Balaban J connectivity index is 1.28. The van der Waals surface area contributed by atoms with Crippen LogP contribution in [0, 0.1) is 11.8 Å². The van der Waals surface area contributed by atoms with Gasteiger partial charge >= 0.3 is 6.09 Å². The molecule has 1 aromatic rings. The number of nitrogens with one attached hydrogen (secondary N) is 2. The van der Waals surface area contributed by atoms with Crippen molar-refractivity contribution in [1.82, 2.24) is 10.6 Å². The first kappa shape index (κ1) is 18.2. The number of aliphatic hydroxyl groups excluding tert-OH is 1. The molecule has 2 unspecified atom stereocenters. The lowest BCUT2D eigenvalue weighted by molar-refractivity contribution is 0.115. The number of carbonyl (C=O) groups excluding carboxylic acids is 1. The van der Waals surface area contributed by atoms with Gasteiger partial charge in [0.05, 0.1) is 0 Å². The largest absolute Gasteiger partial charge is 0.445 e. The van der Waals surface area contributed by atoms with Crippen molar-refractivity contribution in [1.29, 1.82) is 0 Å². The minimum absolute atomic E-state index is 0.209. The Bertz CT molecular complexity index is 531. The van der Waals surface area contributed by atoms with Crippen LogP contribution in [-0.4, -0.2) is 36.4 Å². The lowest BCUT2D eigenvalue weighted by Gasteiger charge is -2.38. The van der Waals surface area contributed by atoms with E-state index in [1.807, 2.05) is 30.3 Å². The summed E-state index contributed by atoms with van der Waals surface area (Å²) in [5.74, 6) is 1.06. The van der Waals surface area contributed by atoms with Crippen molar-refractivity contribution >= 4 is 6.09 Å². The minimum atomic E-state index is -0.333. The standard InChI is InChI=1S/C20H30N2O3/c23-13-17-9-5-4-8-16(17)12-21-18-10-19(11-18)22-20(24)25-14-15-6-2-1-3-7-15/h1-3,6-7,16-19,21,23H,4-5,8-14H2,(H,22,24). The Kier molecular flexibility index (Phi) is 6.70. The summed E-state index contributed by atoms with van der Waals surface area (Å²) >= 11 is 0. The first-order chi connectivity index (χ1) is 12.2. The summed E-state index contributed by atoms with van der Waals surface area (Å²) in [5, 5.41) is 16.0. The topological polar surface area (TPSA) is 70.6 Å². The van der Waals surface area contributed by atoms with E-state index >= 15 is 0 Å². The smallest absolute Gasteiger partial charge is 0.407 e. The zero-order chi connectivity index (χ0) is 17.5. The fraction of sp³-hybridized carbons (Fsp3) is 0.650. The molecule has 1 aromatic carbocycles. The number of alkyl carbamates (subject to hydrolysis) is 1. The van der Waals surface area contributed by atoms with Crippen LogP contribution in [-0.2, 0) is 11.3 Å². The van der Waals surface area contributed by atoms with Crippen LogP contribution in [0.5, 0.6) is 0 Å². The molecule has 0 spiro atoms. The van der Waals surface area contributed by atoms with E-state index in [2.05, 4.69) is 10.6 Å². The predicted molar refractivity (Wildman–Crippen MR) is 97.1 cm³/mol. The Labute approximate surface area is 150 Å². The van der Waals surface area contributed by atoms with E-state index in [1.165, 1.54) is 19.3 Å². The Hall–Kier alpha value is -1.59. The molecule has 25 heavy (non-hydrogen) atoms. The predicted octanol–water partition coefficient (Wildman–Crippen LogP) is 2.83. The fourth-order valence-corrected chi connectivity index (χ4v) is 3.95. The Morgan fingerprint density at radius 2 is 1.80 bits per heavy atom. The molecule has 3 N–H and O–H groups in total. The molecule has 0 radical (unpaired) electrons. The second kappa shape index (κ2) is 9.20. The molecule has 5 nitrogen and oxygen atoms in total. The number of rotatable bonds is 7. The molecule has 2 atom stereocenters. The van der Waals surface area contributed by atoms with E-state index in [9.17, 15) is 9.90 Å². The summed E-state index contributed by atoms with van der Waals surface area (Å²) in [6.45, 7) is 1.61. The number of aliphatic hydroxyl groups is 1. The van der Waals surface area contributed by atoms with Gasteiger partial charge in [0.2, 0.25) is 0 Å². The van der Waals surface area contributed by atoms with E-state index in [1.54, 1.807) is 0 Å². The molecule has 1 amide bonds. The van der Waals surface area contributed by atoms with Crippen molar-refractivity contribution in [2.45, 2.75) is 57.2 Å². The number of hydrogen-bond acceptors (Lipinski definition) is 4. The number of benzene rings is 1. The molecule has 138 valence electrons. The molecule has 0 aliphatic heterocycles.